The second kappa shape index (κ2) is 11.0. The van der Waals surface area contributed by atoms with Gasteiger partial charge in [-0.1, -0.05) is 30.3 Å². The molecule has 1 unspecified atom stereocenters. The molecule has 2 fully saturated rings. The number of H-pyrrole nitrogens is 1. The highest BCUT2D eigenvalue weighted by Gasteiger charge is 2.26. The zero-order valence-electron chi connectivity index (χ0n) is 20.8. The zero-order chi connectivity index (χ0) is 25.8. The molecule has 2 amide bonds. The first kappa shape index (κ1) is 24.8. The van der Waals surface area contributed by atoms with E-state index in [1.165, 1.54) is 18.9 Å². The van der Waals surface area contributed by atoms with Crippen molar-refractivity contribution in [1.29, 1.82) is 0 Å². The maximum absolute atomic E-state index is 13.2. The number of nitrogens with one attached hydrogen (secondary N) is 3. The molecule has 1 aliphatic carbocycles. The number of likely N-dealkylation sites (tertiary alicyclic amines) is 1. The lowest BCUT2D eigenvalue weighted by Crippen LogP contribution is -2.21. The number of carbonyl (C=O) groups is 2. The van der Waals surface area contributed by atoms with Crippen LogP contribution in [0.4, 0.5) is 16.0 Å². The number of nitrogens with zero attached hydrogens (tertiary/aromatic N) is 3. The number of aromatic amines is 1. The number of pyridine rings is 1. The lowest BCUT2D eigenvalue weighted by atomic mass is 9.96. The van der Waals surface area contributed by atoms with Crippen LogP contribution in [0.3, 0.4) is 0 Å². The van der Waals surface area contributed by atoms with Crippen molar-refractivity contribution in [1.82, 2.24) is 20.1 Å². The molecular weight excluding hydrogens is 471 g/mol. The molecule has 3 heterocycles. The van der Waals surface area contributed by atoms with E-state index < -0.39 is 6.17 Å². The first-order valence-corrected chi connectivity index (χ1v) is 12.7. The average molecular weight is 503 g/mol. The Morgan fingerprint density at radius 2 is 2.00 bits per heavy atom. The number of anilines is 2. The van der Waals surface area contributed by atoms with Crippen molar-refractivity contribution in [3.05, 3.63) is 72.1 Å². The summed E-state index contributed by atoms with van der Waals surface area (Å²) in [5.41, 5.74) is 3.76. The van der Waals surface area contributed by atoms with Crippen molar-refractivity contribution in [2.45, 2.75) is 44.2 Å². The van der Waals surface area contributed by atoms with Gasteiger partial charge in [-0.25, -0.2) is 9.37 Å². The summed E-state index contributed by atoms with van der Waals surface area (Å²) in [6.45, 7) is 3.56. The van der Waals surface area contributed by atoms with Crippen LogP contribution in [-0.2, 0) is 9.59 Å². The van der Waals surface area contributed by atoms with Crippen LogP contribution in [0.1, 0.15) is 49.3 Å². The number of hydrogen-bond acceptors (Lipinski definition) is 5. The first-order valence-electron chi connectivity index (χ1n) is 12.7. The number of benzene rings is 1. The molecule has 2 aliphatic rings. The Morgan fingerprint density at radius 1 is 1.14 bits per heavy atom. The molecule has 2 aromatic heterocycles. The predicted octanol–water partition coefficient (Wildman–Crippen LogP) is 4.63. The average Bonchev–Trinajstić information content (AvgIpc) is 3.51. The van der Waals surface area contributed by atoms with Crippen molar-refractivity contribution < 1.29 is 14.0 Å². The Kier molecular flexibility index (Phi) is 7.41. The van der Waals surface area contributed by atoms with E-state index in [0.717, 1.165) is 22.4 Å². The molecule has 1 aromatic carbocycles. The molecule has 0 radical (unpaired) electrons. The minimum Gasteiger partial charge on any atom is -0.309 e. The summed E-state index contributed by atoms with van der Waals surface area (Å²) in [5, 5.41) is 12.9. The molecule has 8 nitrogen and oxygen atoms in total. The SMILES string of the molecule is CC(C(=O)Nc1cc(C2CC2)[nH]n1)c1cccc(-c2ccc(NC(=O)C=CCN3CC[C@@H](F)C3)nc2)c1. The largest absolute Gasteiger partial charge is 0.309 e. The highest BCUT2D eigenvalue weighted by atomic mass is 19.1. The van der Waals surface area contributed by atoms with E-state index in [1.807, 2.05) is 48.2 Å². The molecule has 0 spiro atoms. The quantitative estimate of drug-likeness (QED) is 0.370. The summed E-state index contributed by atoms with van der Waals surface area (Å²) in [5.74, 6) is 0.774. The maximum Gasteiger partial charge on any atom is 0.249 e. The van der Waals surface area contributed by atoms with Crippen LogP contribution in [-0.4, -0.2) is 57.7 Å². The molecule has 2 atom stereocenters. The molecule has 0 bridgehead atoms. The van der Waals surface area contributed by atoms with Crippen LogP contribution in [0.15, 0.2) is 60.8 Å². The lowest BCUT2D eigenvalue weighted by molar-refractivity contribution is -0.117. The molecule has 37 heavy (non-hydrogen) atoms. The van der Waals surface area contributed by atoms with Crippen molar-refractivity contribution >= 4 is 23.5 Å². The van der Waals surface area contributed by atoms with E-state index in [9.17, 15) is 14.0 Å². The van der Waals surface area contributed by atoms with Crippen LogP contribution in [0.5, 0.6) is 0 Å². The Bertz CT molecular complexity index is 1280. The van der Waals surface area contributed by atoms with Crippen LogP contribution < -0.4 is 10.6 Å². The molecule has 192 valence electrons. The van der Waals surface area contributed by atoms with Crippen molar-refractivity contribution in [3.63, 3.8) is 0 Å². The summed E-state index contributed by atoms with van der Waals surface area (Å²) in [6, 6.07) is 13.3. The summed E-state index contributed by atoms with van der Waals surface area (Å²) < 4.78 is 13.2. The van der Waals surface area contributed by atoms with Gasteiger partial charge in [0, 0.05) is 55.1 Å². The number of hydrogen-bond donors (Lipinski definition) is 3. The third-order valence-corrected chi connectivity index (χ3v) is 6.84. The van der Waals surface area contributed by atoms with Crippen LogP contribution in [0, 0.1) is 0 Å². The number of halogens is 1. The fraction of sp³-hybridized carbons (Fsp3) is 0.357. The minimum absolute atomic E-state index is 0.121. The summed E-state index contributed by atoms with van der Waals surface area (Å²) in [6.07, 6.45) is 7.00. The third-order valence-electron chi connectivity index (χ3n) is 6.84. The fourth-order valence-electron chi connectivity index (χ4n) is 4.44. The van der Waals surface area contributed by atoms with Crippen molar-refractivity contribution in [2.75, 3.05) is 30.3 Å². The number of alkyl halides is 1. The molecule has 3 N–H and O–H groups in total. The van der Waals surface area contributed by atoms with E-state index >= 15 is 0 Å². The monoisotopic (exact) mass is 502 g/mol. The molecule has 1 saturated carbocycles. The van der Waals surface area contributed by atoms with E-state index in [-0.39, 0.29) is 17.7 Å². The van der Waals surface area contributed by atoms with Crippen molar-refractivity contribution in [3.8, 4) is 11.1 Å². The second-order valence-electron chi connectivity index (χ2n) is 9.79. The van der Waals surface area contributed by atoms with Gasteiger partial charge in [-0.05, 0) is 49.4 Å². The van der Waals surface area contributed by atoms with Crippen LogP contribution in [0.25, 0.3) is 11.1 Å². The number of rotatable bonds is 9. The van der Waals surface area contributed by atoms with Gasteiger partial charge in [0.1, 0.15) is 12.0 Å². The summed E-state index contributed by atoms with van der Waals surface area (Å²) >= 11 is 0. The highest BCUT2D eigenvalue weighted by molar-refractivity contribution is 5.98. The molecule has 5 rings (SSSR count). The topological polar surface area (TPSA) is 103 Å². The predicted molar refractivity (Wildman–Crippen MR) is 141 cm³/mol. The second-order valence-corrected chi connectivity index (χ2v) is 9.79. The van der Waals surface area contributed by atoms with Gasteiger partial charge in [-0.15, -0.1) is 0 Å². The zero-order valence-corrected chi connectivity index (χ0v) is 20.8. The minimum atomic E-state index is -0.770. The Balaban J connectivity index is 1.16. The number of carbonyl (C=O) groups excluding carboxylic acids is 2. The molecular formula is C28H31FN6O2. The van der Waals surface area contributed by atoms with Crippen LogP contribution in [0.2, 0.25) is 0 Å². The number of aromatic nitrogens is 3. The molecule has 9 heteroatoms. The Morgan fingerprint density at radius 3 is 2.73 bits per heavy atom. The van der Waals surface area contributed by atoms with E-state index in [1.54, 1.807) is 18.3 Å². The smallest absolute Gasteiger partial charge is 0.249 e. The summed E-state index contributed by atoms with van der Waals surface area (Å²) in [4.78, 5) is 31.3. The van der Waals surface area contributed by atoms with Gasteiger partial charge in [0.05, 0.1) is 5.92 Å². The van der Waals surface area contributed by atoms with Gasteiger partial charge >= 0.3 is 0 Å². The normalized spacial score (nSPS) is 18.7. The first-order chi connectivity index (χ1) is 17.9. The van der Waals surface area contributed by atoms with Gasteiger partial charge in [-0.2, -0.15) is 5.10 Å². The van der Waals surface area contributed by atoms with Gasteiger partial charge in [0.2, 0.25) is 11.8 Å². The number of amides is 2. The molecule has 3 aromatic rings. The molecule has 1 saturated heterocycles. The maximum atomic E-state index is 13.2. The van der Waals surface area contributed by atoms with E-state index in [0.29, 0.717) is 43.6 Å². The Labute approximate surface area is 215 Å². The van der Waals surface area contributed by atoms with Gasteiger partial charge in [-0.3, -0.25) is 19.6 Å². The van der Waals surface area contributed by atoms with Gasteiger partial charge in [0.15, 0.2) is 5.82 Å². The standard InChI is InChI=1S/C28H31FN6O2/c1-18(28(37)32-26-15-24(33-34-26)19-7-8-19)20-4-2-5-21(14-20)22-9-10-25(30-16-22)31-27(36)6-3-12-35-13-11-23(29)17-35/h2-6,9-10,14-16,18-19,23H,7-8,11-13,17H2,1H3,(H,30,31,36)(H2,32,33,34,37)/t18?,23-/m1/s1. The van der Waals surface area contributed by atoms with E-state index in [2.05, 4.69) is 25.8 Å². The lowest BCUT2D eigenvalue weighted by Gasteiger charge is -2.13. The highest BCUT2D eigenvalue weighted by Crippen LogP contribution is 2.39. The third kappa shape index (κ3) is 6.48. The van der Waals surface area contributed by atoms with E-state index in [4.69, 9.17) is 0 Å². The summed E-state index contributed by atoms with van der Waals surface area (Å²) in [7, 11) is 0. The van der Waals surface area contributed by atoms with Crippen LogP contribution >= 0.6 is 0 Å². The molecule has 1 aliphatic heterocycles. The van der Waals surface area contributed by atoms with Crippen molar-refractivity contribution in [2.24, 2.45) is 0 Å². The Hall–Kier alpha value is -3.85. The van der Waals surface area contributed by atoms with Gasteiger partial charge in [0.25, 0.3) is 0 Å². The van der Waals surface area contributed by atoms with Gasteiger partial charge < -0.3 is 10.6 Å². The fourth-order valence-corrected chi connectivity index (χ4v) is 4.44.